The lowest BCUT2D eigenvalue weighted by molar-refractivity contribution is 0.0342. The summed E-state index contributed by atoms with van der Waals surface area (Å²) in [6.07, 6.45) is 5.50. The van der Waals surface area contributed by atoms with Crippen LogP contribution in [0.1, 0.15) is 24.0 Å². The third kappa shape index (κ3) is 4.19. The van der Waals surface area contributed by atoms with E-state index in [4.69, 9.17) is 11.2 Å². The second kappa shape index (κ2) is 8.68. The highest BCUT2D eigenvalue weighted by Crippen LogP contribution is 2.37. The van der Waals surface area contributed by atoms with Crippen LogP contribution in [0.2, 0.25) is 0 Å². The molecular formula is C23H24N4O4. The minimum absolute atomic E-state index is 0.108. The summed E-state index contributed by atoms with van der Waals surface area (Å²) in [6, 6.07) is 10.4. The van der Waals surface area contributed by atoms with Crippen molar-refractivity contribution in [3.8, 4) is 40.9 Å². The summed E-state index contributed by atoms with van der Waals surface area (Å²) < 4.78 is 6.77. The molecule has 8 heteroatoms. The highest BCUT2D eigenvalue weighted by atomic mass is 16.5. The van der Waals surface area contributed by atoms with Gasteiger partial charge in [-0.05, 0) is 30.7 Å². The Kier molecular flexibility index (Phi) is 5.80. The fraction of sp³-hybridized carbons (Fsp3) is 0.304. The van der Waals surface area contributed by atoms with Gasteiger partial charge in [0.15, 0.2) is 5.82 Å². The van der Waals surface area contributed by atoms with Gasteiger partial charge < -0.3 is 14.9 Å². The van der Waals surface area contributed by atoms with Gasteiger partial charge in [-0.25, -0.2) is 14.5 Å². The number of ether oxygens (including phenoxy) is 1. The van der Waals surface area contributed by atoms with Gasteiger partial charge in [-0.3, -0.25) is 4.90 Å². The first-order valence-electron chi connectivity index (χ1n) is 10.1. The molecule has 1 aliphatic rings. The molecule has 1 unspecified atom stereocenters. The normalized spacial score (nSPS) is 15.5. The van der Waals surface area contributed by atoms with Crippen LogP contribution in [0.25, 0.3) is 17.1 Å². The van der Waals surface area contributed by atoms with Gasteiger partial charge in [-0.2, -0.15) is 5.10 Å². The minimum Gasteiger partial charge on any atom is -0.507 e. The van der Waals surface area contributed by atoms with E-state index in [9.17, 15) is 15.0 Å². The van der Waals surface area contributed by atoms with Crippen molar-refractivity contribution < 1.29 is 14.9 Å². The zero-order valence-electron chi connectivity index (χ0n) is 17.2. The molecule has 0 radical (unpaired) electrons. The Hall–Kier alpha value is -3.54. The van der Waals surface area contributed by atoms with Gasteiger partial charge in [-0.15, -0.1) is 6.42 Å². The lowest BCUT2D eigenvalue weighted by Gasteiger charge is -2.26. The number of hydrogen-bond acceptors (Lipinski definition) is 6. The summed E-state index contributed by atoms with van der Waals surface area (Å²) in [5.74, 6) is 2.11. The Labute approximate surface area is 179 Å². The van der Waals surface area contributed by atoms with E-state index in [1.165, 1.54) is 10.6 Å². The van der Waals surface area contributed by atoms with Gasteiger partial charge >= 0.3 is 5.69 Å². The first-order chi connectivity index (χ1) is 15.0. The van der Waals surface area contributed by atoms with E-state index in [-0.39, 0.29) is 23.2 Å². The Balaban J connectivity index is 1.69. The number of hydrogen-bond donors (Lipinski definition) is 3. The van der Waals surface area contributed by atoms with Crippen LogP contribution in [0.4, 0.5) is 0 Å². The Bertz CT molecular complexity index is 1170. The molecule has 2 aromatic carbocycles. The van der Waals surface area contributed by atoms with Crippen LogP contribution in [-0.2, 0) is 11.3 Å². The quantitative estimate of drug-likeness (QED) is 0.547. The van der Waals surface area contributed by atoms with Gasteiger partial charge in [-0.1, -0.05) is 18.1 Å². The number of phenolic OH excluding ortho intramolecular Hbond substituents is 2. The predicted molar refractivity (Wildman–Crippen MR) is 116 cm³/mol. The number of aromatic nitrogens is 3. The summed E-state index contributed by atoms with van der Waals surface area (Å²) in [6.45, 7) is 5.84. The zero-order valence-corrected chi connectivity index (χ0v) is 17.2. The maximum atomic E-state index is 12.5. The number of aromatic amines is 1. The molecule has 31 heavy (non-hydrogen) atoms. The largest absolute Gasteiger partial charge is 0.507 e. The van der Waals surface area contributed by atoms with Crippen LogP contribution in [0, 0.1) is 12.3 Å². The second-order valence-corrected chi connectivity index (χ2v) is 7.56. The zero-order chi connectivity index (χ0) is 22.0. The fourth-order valence-corrected chi connectivity index (χ4v) is 3.69. The van der Waals surface area contributed by atoms with Crippen molar-refractivity contribution in [3.05, 3.63) is 58.0 Å². The van der Waals surface area contributed by atoms with E-state index in [0.29, 0.717) is 16.8 Å². The minimum atomic E-state index is -0.435. The van der Waals surface area contributed by atoms with Crippen molar-refractivity contribution in [2.24, 2.45) is 0 Å². The van der Waals surface area contributed by atoms with E-state index in [1.54, 1.807) is 13.0 Å². The number of nitrogens with one attached hydrogen (secondary N) is 1. The molecule has 0 bridgehead atoms. The topological polar surface area (TPSA) is 104 Å². The first-order valence-corrected chi connectivity index (χ1v) is 10.1. The number of H-pyrrole nitrogens is 1. The van der Waals surface area contributed by atoms with Crippen LogP contribution in [0.15, 0.2) is 41.2 Å². The smallest absolute Gasteiger partial charge is 0.348 e. The van der Waals surface area contributed by atoms with E-state index >= 15 is 0 Å². The molecule has 160 valence electrons. The van der Waals surface area contributed by atoms with Crippen LogP contribution in [0.5, 0.6) is 11.5 Å². The lowest BCUT2D eigenvalue weighted by atomic mass is 9.97. The number of terminal acetylenes is 1. The molecule has 4 rings (SSSR count). The van der Waals surface area contributed by atoms with E-state index in [2.05, 4.69) is 21.0 Å². The number of benzene rings is 2. The molecule has 1 atom stereocenters. The average Bonchev–Trinajstić information content (AvgIpc) is 3.15. The first kappa shape index (κ1) is 20.7. The number of rotatable bonds is 5. The van der Waals surface area contributed by atoms with Gasteiger partial charge in [0.05, 0.1) is 24.5 Å². The molecule has 0 aliphatic carbocycles. The summed E-state index contributed by atoms with van der Waals surface area (Å²) in [5, 5.41) is 27.1. The average molecular weight is 420 g/mol. The van der Waals surface area contributed by atoms with Gasteiger partial charge in [0.25, 0.3) is 0 Å². The number of phenols is 2. The van der Waals surface area contributed by atoms with Crippen LogP contribution in [-0.4, -0.2) is 56.2 Å². The molecular weight excluding hydrogens is 396 g/mol. The second-order valence-electron chi connectivity index (χ2n) is 7.56. The van der Waals surface area contributed by atoms with Crippen LogP contribution in [0.3, 0.4) is 0 Å². The molecule has 0 spiro atoms. The van der Waals surface area contributed by atoms with Crippen molar-refractivity contribution in [2.75, 3.05) is 26.3 Å². The third-order valence-corrected chi connectivity index (χ3v) is 5.48. The summed E-state index contributed by atoms with van der Waals surface area (Å²) in [5.41, 5.74) is 2.07. The van der Waals surface area contributed by atoms with Crippen molar-refractivity contribution in [1.29, 1.82) is 0 Å². The lowest BCUT2D eigenvalue weighted by Crippen LogP contribution is -2.35. The van der Waals surface area contributed by atoms with Gasteiger partial charge in [0.1, 0.15) is 11.5 Å². The van der Waals surface area contributed by atoms with Crippen LogP contribution >= 0.6 is 0 Å². The molecule has 3 N–H and O–H groups in total. The molecule has 2 heterocycles. The highest BCUT2D eigenvalue weighted by Gasteiger charge is 2.20. The fourth-order valence-electron chi connectivity index (χ4n) is 3.69. The van der Waals surface area contributed by atoms with Gasteiger partial charge in [0.2, 0.25) is 0 Å². The van der Waals surface area contributed by atoms with Gasteiger partial charge in [0, 0.05) is 37.2 Å². The molecule has 0 amide bonds. The van der Waals surface area contributed by atoms with E-state index < -0.39 is 5.69 Å². The maximum Gasteiger partial charge on any atom is 0.348 e. The van der Waals surface area contributed by atoms with Crippen molar-refractivity contribution in [1.82, 2.24) is 19.7 Å². The molecule has 1 aromatic heterocycles. The monoisotopic (exact) mass is 420 g/mol. The molecule has 3 aromatic rings. The SMILES string of the molecule is C#CC(C)c1cc(-c2n[nH]c(=O)n2-c2ccc(CN3CCOCC3)cc2)c(O)cc1O. The molecule has 0 saturated carbocycles. The standard InChI is InChI=1S/C23H24N4O4/c1-3-15(2)18-12-19(21(29)13-20(18)28)22-24-25-23(30)27(22)17-6-4-16(5-7-17)14-26-8-10-31-11-9-26/h1,4-7,12-13,15,28-29H,8-11,14H2,2H3,(H,25,30). The number of aromatic hydroxyl groups is 2. The third-order valence-electron chi connectivity index (χ3n) is 5.48. The maximum absolute atomic E-state index is 12.5. The summed E-state index contributed by atoms with van der Waals surface area (Å²) in [7, 11) is 0. The molecule has 1 saturated heterocycles. The molecule has 8 nitrogen and oxygen atoms in total. The number of nitrogens with zero attached hydrogens (tertiary/aromatic N) is 3. The van der Waals surface area contributed by atoms with E-state index in [1.807, 2.05) is 24.3 Å². The summed E-state index contributed by atoms with van der Waals surface area (Å²) >= 11 is 0. The Morgan fingerprint density at radius 2 is 1.90 bits per heavy atom. The Morgan fingerprint density at radius 1 is 1.19 bits per heavy atom. The van der Waals surface area contributed by atoms with E-state index in [0.717, 1.165) is 38.4 Å². The predicted octanol–water partition coefficient (Wildman–Crippen LogP) is 2.21. The number of morpholine rings is 1. The summed E-state index contributed by atoms with van der Waals surface area (Å²) in [4.78, 5) is 14.8. The highest BCUT2D eigenvalue weighted by molar-refractivity contribution is 5.69. The van der Waals surface area contributed by atoms with Crippen molar-refractivity contribution in [2.45, 2.75) is 19.4 Å². The van der Waals surface area contributed by atoms with Crippen molar-refractivity contribution >= 4 is 0 Å². The molecule has 1 aliphatic heterocycles. The Morgan fingerprint density at radius 3 is 2.58 bits per heavy atom. The van der Waals surface area contributed by atoms with Crippen molar-refractivity contribution in [3.63, 3.8) is 0 Å². The van der Waals surface area contributed by atoms with Crippen LogP contribution < -0.4 is 5.69 Å². The molecule has 1 fully saturated rings.